The van der Waals surface area contributed by atoms with Gasteiger partial charge in [0, 0.05) is 0 Å². The first-order chi connectivity index (χ1) is 13.6. The number of hydrogen-bond acceptors (Lipinski definition) is 2. The molecule has 3 saturated carbocycles. The normalized spacial score (nSPS) is 45.8. The Kier molecular flexibility index (Phi) is 5.78. The Morgan fingerprint density at radius 2 is 1.90 bits per heavy atom. The van der Waals surface area contributed by atoms with Gasteiger partial charge in [0.2, 0.25) is 0 Å². The molecule has 2 nitrogen and oxygen atoms in total. The molecule has 166 valence electrons. The quantitative estimate of drug-likeness (QED) is 0.515. The van der Waals surface area contributed by atoms with E-state index < -0.39 is 11.2 Å². The van der Waals surface area contributed by atoms with Crippen molar-refractivity contribution < 1.29 is 10.2 Å². The molecule has 4 rings (SSSR count). The van der Waals surface area contributed by atoms with Gasteiger partial charge in [0.15, 0.2) is 0 Å². The van der Waals surface area contributed by atoms with E-state index in [9.17, 15) is 10.2 Å². The first kappa shape index (κ1) is 21.9. The van der Waals surface area contributed by atoms with Crippen LogP contribution in [0.1, 0.15) is 105 Å². The van der Waals surface area contributed by atoms with Gasteiger partial charge in [0.05, 0.1) is 11.2 Å². The molecule has 0 aromatic carbocycles. The zero-order chi connectivity index (χ0) is 21.0. The minimum absolute atomic E-state index is 0.424. The monoisotopic (exact) mass is 402 g/mol. The Morgan fingerprint density at radius 1 is 1.14 bits per heavy atom. The number of aliphatic hydroxyl groups is 2. The van der Waals surface area contributed by atoms with E-state index >= 15 is 0 Å². The maximum atomic E-state index is 10.9. The standard InChI is InChI=1S/C27H46O2/c1-6-27(29)16-13-20-19(17-27)7-8-22-21(20)12-15-26(5)23(9-10-24(22)26)18(2)11-14-25(3,4)28/h7,18,20-24,28-29H,6,8-17H2,1-5H3/t18-,20+,21-,22-,23-,24+,26-,27+/m1/s1. The second-order valence-corrected chi connectivity index (χ2v) is 12.4. The third-order valence-electron chi connectivity index (χ3n) is 10.2. The van der Waals surface area contributed by atoms with Crippen LogP contribution in [0.2, 0.25) is 0 Å². The molecule has 0 aromatic heterocycles. The van der Waals surface area contributed by atoms with Gasteiger partial charge in [-0.25, -0.2) is 0 Å². The van der Waals surface area contributed by atoms with E-state index in [4.69, 9.17) is 0 Å². The largest absolute Gasteiger partial charge is 0.390 e. The molecule has 3 fully saturated rings. The highest BCUT2D eigenvalue weighted by atomic mass is 16.3. The summed E-state index contributed by atoms with van der Waals surface area (Å²) in [4.78, 5) is 0. The van der Waals surface area contributed by atoms with Crippen molar-refractivity contribution in [1.82, 2.24) is 0 Å². The maximum absolute atomic E-state index is 10.9. The van der Waals surface area contributed by atoms with Gasteiger partial charge in [-0.1, -0.05) is 32.4 Å². The Morgan fingerprint density at radius 3 is 2.59 bits per heavy atom. The molecule has 2 heteroatoms. The predicted octanol–water partition coefficient (Wildman–Crippen LogP) is 6.50. The van der Waals surface area contributed by atoms with Crippen molar-refractivity contribution in [2.45, 2.75) is 116 Å². The summed E-state index contributed by atoms with van der Waals surface area (Å²) in [6, 6.07) is 0. The second kappa shape index (κ2) is 7.66. The molecule has 0 radical (unpaired) electrons. The van der Waals surface area contributed by atoms with Gasteiger partial charge in [-0.05, 0) is 125 Å². The van der Waals surface area contributed by atoms with Crippen molar-refractivity contribution in [2.24, 2.45) is 40.9 Å². The van der Waals surface area contributed by atoms with Gasteiger partial charge >= 0.3 is 0 Å². The third kappa shape index (κ3) is 3.98. The Hall–Kier alpha value is -0.340. The molecule has 8 atom stereocenters. The zero-order valence-corrected chi connectivity index (χ0v) is 19.7. The lowest BCUT2D eigenvalue weighted by Gasteiger charge is -2.55. The molecule has 29 heavy (non-hydrogen) atoms. The van der Waals surface area contributed by atoms with Crippen LogP contribution in [0.5, 0.6) is 0 Å². The molecule has 4 aliphatic rings. The lowest BCUT2D eigenvalue weighted by molar-refractivity contribution is -0.0472. The van der Waals surface area contributed by atoms with E-state index in [0.29, 0.717) is 5.41 Å². The van der Waals surface area contributed by atoms with Crippen LogP contribution >= 0.6 is 0 Å². The highest BCUT2D eigenvalue weighted by molar-refractivity contribution is 5.22. The fourth-order valence-electron chi connectivity index (χ4n) is 8.42. The van der Waals surface area contributed by atoms with Crippen molar-refractivity contribution >= 4 is 0 Å². The van der Waals surface area contributed by atoms with E-state index in [1.165, 1.54) is 38.5 Å². The van der Waals surface area contributed by atoms with Crippen LogP contribution in [0.3, 0.4) is 0 Å². The van der Waals surface area contributed by atoms with E-state index in [0.717, 1.165) is 67.6 Å². The molecular weight excluding hydrogens is 356 g/mol. The average molecular weight is 403 g/mol. The van der Waals surface area contributed by atoms with Gasteiger partial charge in [0.1, 0.15) is 0 Å². The van der Waals surface area contributed by atoms with Crippen LogP contribution in [0, 0.1) is 40.9 Å². The fraction of sp³-hybridized carbons (Fsp3) is 0.926. The SMILES string of the molecule is CC[C@]1(O)CC[C@H]2C(=CC[C@@H]3[C@@H]2CC[C@]2(C)[C@@H]([C@H](C)CCC(C)(C)O)CC[C@@H]32)C1. The summed E-state index contributed by atoms with van der Waals surface area (Å²) in [7, 11) is 0. The first-order valence-electron chi connectivity index (χ1n) is 12.7. The molecule has 4 aliphatic carbocycles. The van der Waals surface area contributed by atoms with Crippen LogP contribution < -0.4 is 0 Å². The van der Waals surface area contributed by atoms with Crippen molar-refractivity contribution in [3.8, 4) is 0 Å². The van der Waals surface area contributed by atoms with Crippen LogP contribution in [0.4, 0.5) is 0 Å². The summed E-state index contributed by atoms with van der Waals surface area (Å²) in [5, 5.41) is 21.1. The van der Waals surface area contributed by atoms with Crippen molar-refractivity contribution in [3.63, 3.8) is 0 Å². The number of hydrogen-bond donors (Lipinski definition) is 2. The first-order valence-corrected chi connectivity index (χ1v) is 12.7. The molecule has 0 amide bonds. The molecule has 2 N–H and O–H groups in total. The van der Waals surface area contributed by atoms with Crippen molar-refractivity contribution in [3.05, 3.63) is 11.6 Å². The minimum atomic E-state index is -0.531. The van der Waals surface area contributed by atoms with Crippen molar-refractivity contribution in [2.75, 3.05) is 0 Å². The van der Waals surface area contributed by atoms with Gasteiger partial charge in [0.25, 0.3) is 0 Å². The third-order valence-corrected chi connectivity index (χ3v) is 10.2. The summed E-state index contributed by atoms with van der Waals surface area (Å²) in [6.45, 7) is 11.2. The zero-order valence-electron chi connectivity index (χ0n) is 19.7. The predicted molar refractivity (Wildman–Crippen MR) is 121 cm³/mol. The topological polar surface area (TPSA) is 40.5 Å². The van der Waals surface area contributed by atoms with Crippen LogP contribution in [-0.4, -0.2) is 21.4 Å². The molecule has 0 bridgehead atoms. The highest BCUT2D eigenvalue weighted by Crippen LogP contribution is 2.65. The lowest BCUT2D eigenvalue weighted by Crippen LogP contribution is -2.48. The number of allylic oxidation sites excluding steroid dienone is 1. The molecule has 0 aliphatic heterocycles. The highest BCUT2D eigenvalue weighted by Gasteiger charge is 2.57. The molecule has 0 aromatic rings. The summed E-state index contributed by atoms with van der Waals surface area (Å²) in [5.41, 5.74) is 1.16. The maximum Gasteiger partial charge on any atom is 0.0682 e. The molecule has 0 heterocycles. The van der Waals surface area contributed by atoms with Gasteiger partial charge in [-0.2, -0.15) is 0 Å². The molecule has 0 saturated heterocycles. The Balaban J connectivity index is 1.48. The summed E-state index contributed by atoms with van der Waals surface area (Å²) in [6.07, 6.45) is 15.6. The van der Waals surface area contributed by atoms with Gasteiger partial charge < -0.3 is 10.2 Å². The van der Waals surface area contributed by atoms with E-state index in [-0.39, 0.29) is 0 Å². The number of rotatable bonds is 5. The minimum Gasteiger partial charge on any atom is -0.390 e. The van der Waals surface area contributed by atoms with E-state index in [1.54, 1.807) is 5.57 Å². The smallest absolute Gasteiger partial charge is 0.0682 e. The molecule has 0 unspecified atom stereocenters. The van der Waals surface area contributed by atoms with Crippen molar-refractivity contribution in [1.29, 1.82) is 0 Å². The Bertz CT molecular complexity index is 631. The van der Waals surface area contributed by atoms with Crippen LogP contribution in [-0.2, 0) is 0 Å². The Labute approximate surface area is 179 Å². The second-order valence-electron chi connectivity index (χ2n) is 12.4. The van der Waals surface area contributed by atoms with E-state index in [1.807, 2.05) is 13.8 Å². The van der Waals surface area contributed by atoms with Gasteiger partial charge in [-0.3, -0.25) is 0 Å². The van der Waals surface area contributed by atoms with Crippen LogP contribution in [0.15, 0.2) is 11.6 Å². The molecular formula is C27H46O2. The fourth-order valence-corrected chi connectivity index (χ4v) is 8.42. The number of fused-ring (bicyclic) bond motifs is 5. The molecule has 0 spiro atoms. The summed E-state index contributed by atoms with van der Waals surface area (Å²) >= 11 is 0. The summed E-state index contributed by atoms with van der Waals surface area (Å²) < 4.78 is 0. The van der Waals surface area contributed by atoms with Gasteiger partial charge in [-0.15, -0.1) is 0 Å². The average Bonchev–Trinajstić information content (AvgIpc) is 3.02. The lowest BCUT2D eigenvalue weighted by atomic mass is 9.50. The summed E-state index contributed by atoms with van der Waals surface area (Å²) in [5.74, 6) is 4.95. The van der Waals surface area contributed by atoms with E-state index in [2.05, 4.69) is 26.8 Å². The van der Waals surface area contributed by atoms with Crippen LogP contribution in [0.25, 0.3) is 0 Å².